The van der Waals surface area contributed by atoms with Crippen molar-refractivity contribution in [1.82, 2.24) is 25.6 Å². The Bertz CT molecular complexity index is 1300. The lowest BCUT2D eigenvalue weighted by atomic mass is 9.74. The van der Waals surface area contributed by atoms with Gasteiger partial charge in [-0.3, -0.25) is 9.78 Å². The van der Waals surface area contributed by atoms with Crippen molar-refractivity contribution in [3.05, 3.63) is 77.8 Å². The summed E-state index contributed by atoms with van der Waals surface area (Å²) in [5, 5.41) is 23.4. The fourth-order valence-electron chi connectivity index (χ4n) is 3.95. The molecule has 0 saturated carbocycles. The molecule has 1 amide bonds. The lowest BCUT2D eigenvalue weighted by Gasteiger charge is -2.36. The fraction of sp³-hybridized carbons (Fsp3) is 0.357. The number of carbonyl (C=O) groups excluding carboxylic acids is 1. The van der Waals surface area contributed by atoms with E-state index in [2.05, 4.69) is 54.9 Å². The van der Waals surface area contributed by atoms with Crippen LogP contribution in [-0.4, -0.2) is 44.7 Å². The molecule has 0 spiro atoms. The van der Waals surface area contributed by atoms with E-state index in [0.29, 0.717) is 35.3 Å². The minimum Gasteiger partial charge on any atom is -0.390 e. The van der Waals surface area contributed by atoms with Crippen LogP contribution in [0.1, 0.15) is 54.9 Å². The first-order valence-electron chi connectivity index (χ1n) is 12.4. The Morgan fingerprint density at radius 3 is 2.65 bits per heavy atom. The van der Waals surface area contributed by atoms with Crippen LogP contribution in [0.4, 0.5) is 23.1 Å². The van der Waals surface area contributed by atoms with E-state index in [-0.39, 0.29) is 5.91 Å². The summed E-state index contributed by atoms with van der Waals surface area (Å²) in [5.74, 6) is 0.392. The second-order valence-electron chi connectivity index (χ2n) is 10.2. The van der Waals surface area contributed by atoms with Crippen LogP contribution < -0.4 is 21.3 Å². The van der Waals surface area contributed by atoms with Gasteiger partial charge in [-0.05, 0) is 62.2 Å². The number of hydrogen-bond acceptors (Lipinski definition) is 8. The van der Waals surface area contributed by atoms with Crippen molar-refractivity contribution in [2.24, 2.45) is 0 Å². The second kappa shape index (κ2) is 10.7. The lowest BCUT2D eigenvalue weighted by Crippen LogP contribution is -2.43. The van der Waals surface area contributed by atoms with E-state index in [9.17, 15) is 9.90 Å². The minimum absolute atomic E-state index is 0.295. The third-order valence-electron chi connectivity index (χ3n) is 6.98. The van der Waals surface area contributed by atoms with Gasteiger partial charge in [0.25, 0.3) is 5.91 Å². The first-order chi connectivity index (χ1) is 17.6. The van der Waals surface area contributed by atoms with Gasteiger partial charge in [-0.1, -0.05) is 26.0 Å². The normalized spacial score (nSPS) is 13.4. The summed E-state index contributed by atoms with van der Waals surface area (Å²) in [6.45, 7) is 13.2. The number of carbonyl (C=O) groups is 1. The number of aromatic nitrogens is 3. The van der Waals surface area contributed by atoms with Crippen LogP contribution in [0.25, 0.3) is 0 Å². The molecule has 0 atom stereocenters. The molecule has 0 fully saturated rings. The summed E-state index contributed by atoms with van der Waals surface area (Å²) in [6.07, 6.45) is 5.75. The number of nitrogens with zero attached hydrogens (tertiary/aromatic N) is 3. The van der Waals surface area contributed by atoms with Gasteiger partial charge in [0, 0.05) is 42.3 Å². The number of hydrogen-bond donors (Lipinski definition) is 5. The standard InChI is InChI=1S/C28H35N7O2/c1-6-11-31-25(36)22-17-32-26(34-20-8-7-19-16-29-12-9-18(19)14-20)35-24(22)33-21-10-13-30-23(15-21)27(2,3)28(4,5)37/h6-8,10,13-15,17,29,37H,1,9,11-12,16H2,2-5H3,(H,31,36)(H2,30,32,33,34,35). The van der Waals surface area contributed by atoms with Crippen LogP contribution in [0.15, 0.2) is 55.4 Å². The molecule has 37 heavy (non-hydrogen) atoms. The highest BCUT2D eigenvalue weighted by molar-refractivity contribution is 5.99. The van der Waals surface area contributed by atoms with Crippen molar-refractivity contribution in [2.45, 2.75) is 51.7 Å². The molecule has 194 valence electrons. The highest BCUT2D eigenvalue weighted by Gasteiger charge is 2.38. The third kappa shape index (κ3) is 5.95. The van der Waals surface area contributed by atoms with Gasteiger partial charge >= 0.3 is 0 Å². The van der Waals surface area contributed by atoms with Crippen molar-refractivity contribution in [1.29, 1.82) is 0 Å². The Morgan fingerprint density at radius 1 is 1.11 bits per heavy atom. The predicted octanol–water partition coefficient (Wildman–Crippen LogP) is 3.97. The van der Waals surface area contributed by atoms with Gasteiger partial charge < -0.3 is 26.4 Å². The van der Waals surface area contributed by atoms with Gasteiger partial charge in [-0.25, -0.2) is 4.98 Å². The second-order valence-corrected chi connectivity index (χ2v) is 10.2. The summed E-state index contributed by atoms with van der Waals surface area (Å²) in [5.41, 5.74) is 3.54. The maximum atomic E-state index is 12.9. The maximum absolute atomic E-state index is 12.9. The maximum Gasteiger partial charge on any atom is 0.256 e. The first-order valence-corrected chi connectivity index (χ1v) is 12.4. The number of nitrogens with one attached hydrogen (secondary N) is 4. The number of rotatable bonds is 9. The first kappa shape index (κ1) is 26.2. The molecule has 1 aliphatic rings. The predicted molar refractivity (Wildman–Crippen MR) is 147 cm³/mol. The van der Waals surface area contributed by atoms with E-state index in [0.717, 1.165) is 25.2 Å². The Morgan fingerprint density at radius 2 is 1.89 bits per heavy atom. The van der Waals surface area contributed by atoms with Crippen LogP contribution in [0.5, 0.6) is 0 Å². The van der Waals surface area contributed by atoms with Gasteiger partial charge in [0.05, 0.1) is 11.3 Å². The molecular formula is C28H35N7O2. The number of fused-ring (bicyclic) bond motifs is 1. The van der Waals surface area contributed by atoms with Crippen molar-refractivity contribution in [3.63, 3.8) is 0 Å². The summed E-state index contributed by atoms with van der Waals surface area (Å²) in [7, 11) is 0. The zero-order valence-corrected chi connectivity index (χ0v) is 21.9. The summed E-state index contributed by atoms with van der Waals surface area (Å²) in [6, 6.07) is 9.87. The molecule has 0 saturated heterocycles. The molecule has 9 nitrogen and oxygen atoms in total. The van der Waals surface area contributed by atoms with E-state index in [1.807, 2.05) is 26.0 Å². The Kier molecular flexibility index (Phi) is 7.56. The SMILES string of the molecule is C=CCNC(=O)c1cnc(Nc2ccc3c(c2)CCNC3)nc1Nc1ccnc(C(C)(C)C(C)(C)O)c1. The van der Waals surface area contributed by atoms with Crippen LogP contribution in [0.2, 0.25) is 0 Å². The molecular weight excluding hydrogens is 466 g/mol. The summed E-state index contributed by atoms with van der Waals surface area (Å²) < 4.78 is 0. The van der Waals surface area contributed by atoms with Crippen molar-refractivity contribution < 1.29 is 9.90 Å². The monoisotopic (exact) mass is 501 g/mol. The van der Waals surface area contributed by atoms with Gasteiger partial charge in [-0.15, -0.1) is 6.58 Å². The van der Waals surface area contributed by atoms with Crippen LogP contribution in [0.3, 0.4) is 0 Å². The molecule has 0 radical (unpaired) electrons. The van der Waals surface area contributed by atoms with Crippen molar-refractivity contribution in [3.8, 4) is 0 Å². The third-order valence-corrected chi connectivity index (χ3v) is 6.98. The molecule has 1 aliphatic heterocycles. The highest BCUT2D eigenvalue weighted by atomic mass is 16.3. The summed E-state index contributed by atoms with van der Waals surface area (Å²) >= 11 is 0. The minimum atomic E-state index is -0.995. The van der Waals surface area contributed by atoms with E-state index in [1.54, 1.807) is 32.2 Å². The van der Waals surface area contributed by atoms with Gasteiger partial charge in [0.15, 0.2) is 0 Å². The number of amides is 1. The quantitative estimate of drug-likeness (QED) is 0.279. The highest BCUT2D eigenvalue weighted by Crippen LogP contribution is 2.35. The van der Waals surface area contributed by atoms with Crippen molar-refractivity contribution in [2.75, 3.05) is 23.7 Å². The molecule has 0 bridgehead atoms. The number of pyridine rings is 1. The molecule has 0 aliphatic carbocycles. The molecule has 4 rings (SSSR count). The average Bonchev–Trinajstić information content (AvgIpc) is 2.87. The van der Waals surface area contributed by atoms with Gasteiger partial charge in [0.1, 0.15) is 11.4 Å². The van der Waals surface area contributed by atoms with Crippen LogP contribution >= 0.6 is 0 Å². The number of aliphatic hydroxyl groups is 1. The van der Waals surface area contributed by atoms with Crippen molar-refractivity contribution >= 4 is 29.0 Å². The van der Waals surface area contributed by atoms with E-state index in [1.165, 1.54) is 17.3 Å². The Hall–Kier alpha value is -3.82. The van der Waals surface area contributed by atoms with Gasteiger partial charge in [-0.2, -0.15) is 4.98 Å². The van der Waals surface area contributed by atoms with Crippen LogP contribution in [0, 0.1) is 0 Å². The lowest BCUT2D eigenvalue weighted by molar-refractivity contribution is 0.00780. The Labute approximate surface area is 217 Å². The largest absolute Gasteiger partial charge is 0.390 e. The molecule has 0 unspecified atom stereocenters. The smallest absolute Gasteiger partial charge is 0.256 e. The molecule has 5 N–H and O–H groups in total. The van der Waals surface area contributed by atoms with Gasteiger partial charge in [0.2, 0.25) is 5.95 Å². The van der Waals surface area contributed by atoms with Crippen LogP contribution in [-0.2, 0) is 18.4 Å². The molecule has 3 heterocycles. The zero-order valence-electron chi connectivity index (χ0n) is 21.9. The van der Waals surface area contributed by atoms with E-state index in [4.69, 9.17) is 0 Å². The molecule has 1 aromatic carbocycles. The summed E-state index contributed by atoms with van der Waals surface area (Å²) in [4.78, 5) is 26.4. The molecule has 2 aromatic heterocycles. The zero-order chi connectivity index (χ0) is 26.6. The average molecular weight is 502 g/mol. The molecule has 3 aromatic rings. The Balaban J connectivity index is 1.66. The van der Waals surface area contributed by atoms with E-state index >= 15 is 0 Å². The molecule has 9 heteroatoms. The fourth-order valence-corrected chi connectivity index (χ4v) is 3.95. The van der Waals surface area contributed by atoms with E-state index < -0.39 is 11.0 Å². The number of anilines is 4. The topological polar surface area (TPSA) is 124 Å². The number of benzene rings is 1.